The minimum absolute atomic E-state index is 0.154. The third-order valence-electron chi connectivity index (χ3n) is 3.66. The van der Waals surface area contributed by atoms with Crippen molar-refractivity contribution in [2.75, 3.05) is 26.3 Å². The van der Waals surface area contributed by atoms with Gasteiger partial charge in [-0.1, -0.05) is 0 Å². The average Bonchev–Trinajstić information content (AvgIpc) is 2.90. The second kappa shape index (κ2) is 5.71. The molecule has 1 fully saturated rings. The number of ether oxygens (including phenoxy) is 1. The topological polar surface area (TPSA) is 88.8 Å². The van der Waals surface area contributed by atoms with Crippen LogP contribution in [0.3, 0.4) is 0 Å². The van der Waals surface area contributed by atoms with Crippen LogP contribution < -0.4 is 0 Å². The van der Waals surface area contributed by atoms with Crippen molar-refractivity contribution in [1.29, 1.82) is 0 Å². The van der Waals surface area contributed by atoms with Crippen LogP contribution in [0.15, 0.2) is 35.4 Å². The molecule has 118 valence electrons. The van der Waals surface area contributed by atoms with Crippen molar-refractivity contribution in [3.05, 3.63) is 30.5 Å². The molecule has 7 nitrogen and oxygen atoms in total. The van der Waals surface area contributed by atoms with Gasteiger partial charge >= 0.3 is 5.97 Å². The second-order valence-electron chi connectivity index (χ2n) is 5.07. The van der Waals surface area contributed by atoms with Crippen molar-refractivity contribution in [1.82, 2.24) is 8.87 Å². The van der Waals surface area contributed by atoms with E-state index in [9.17, 15) is 13.2 Å². The molecule has 8 heteroatoms. The molecule has 1 N–H and O–H groups in total. The van der Waals surface area contributed by atoms with Crippen LogP contribution in [0.5, 0.6) is 0 Å². The van der Waals surface area contributed by atoms with Gasteiger partial charge in [-0.05, 0) is 24.3 Å². The summed E-state index contributed by atoms with van der Waals surface area (Å²) in [4.78, 5) is 11.0. The highest BCUT2D eigenvalue weighted by Crippen LogP contribution is 2.23. The number of sulfonamides is 1. The SMILES string of the molecule is O=C(O)Cn1ccc2cc(S(=O)(=O)N3CCOCC3)ccc21. The average molecular weight is 324 g/mol. The highest BCUT2D eigenvalue weighted by Gasteiger charge is 2.26. The number of carboxylic acids is 1. The molecule has 2 aromatic rings. The van der Waals surface area contributed by atoms with Gasteiger partial charge in [-0.25, -0.2) is 8.42 Å². The maximum atomic E-state index is 12.6. The fraction of sp³-hybridized carbons (Fsp3) is 0.357. The zero-order chi connectivity index (χ0) is 15.7. The molecule has 1 aliphatic rings. The standard InChI is InChI=1S/C14H16N2O5S/c17-14(18)10-15-4-3-11-9-12(1-2-13(11)15)22(19,20)16-5-7-21-8-6-16/h1-4,9H,5-8,10H2,(H,17,18). The van der Waals surface area contributed by atoms with E-state index in [1.165, 1.54) is 10.4 Å². The number of benzene rings is 1. The van der Waals surface area contributed by atoms with Gasteiger partial charge in [-0.2, -0.15) is 4.31 Å². The normalized spacial score (nSPS) is 16.9. The highest BCUT2D eigenvalue weighted by atomic mass is 32.2. The summed E-state index contributed by atoms with van der Waals surface area (Å²) < 4.78 is 33.3. The molecule has 0 saturated carbocycles. The molecule has 0 atom stereocenters. The molecule has 0 unspecified atom stereocenters. The first kappa shape index (κ1) is 15.0. The van der Waals surface area contributed by atoms with E-state index < -0.39 is 16.0 Å². The molecule has 1 aromatic heterocycles. The molecular weight excluding hydrogens is 308 g/mol. The van der Waals surface area contributed by atoms with Gasteiger partial charge < -0.3 is 14.4 Å². The van der Waals surface area contributed by atoms with Crippen LogP contribution in [-0.4, -0.2) is 54.7 Å². The van der Waals surface area contributed by atoms with Gasteiger partial charge in [-0.15, -0.1) is 0 Å². The first-order chi connectivity index (χ1) is 10.5. The minimum Gasteiger partial charge on any atom is -0.480 e. The number of fused-ring (bicyclic) bond motifs is 1. The predicted molar refractivity (Wildman–Crippen MR) is 79.2 cm³/mol. The molecule has 1 aliphatic heterocycles. The van der Waals surface area contributed by atoms with Crippen LogP contribution in [0.1, 0.15) is 0 Å². The Morgan fingerprint density at radius 2 is 1.95 bits per heavy atom. The summed E-state index contributed by atoms with van der Waals surface area (Å²) in [7, 11) is -3.54. The number of rotatable bonds is 4. The molecule has 2 heterocycles. The number of hydrogen-bond acceptors (Lipinski definition) is 4. The smallest absolute Gasteiger partial charge is 0.323 e. The van der Waals surface area contributed by atoms with Crippen LogP contribution in [0.4, 0.5) is 0 Å². The second-order valence-corrected chi connectivity index (χ2v) is 7.01. The van der Waals surface area contributed by atoms with E-state index in [2.05, 4.69) is 0 Å². The molecule has 1 aromatic carbocycles. The first-order valence-corrected chi connectivity index (χ1v) is 8.31. The number of carbonyl (C=O) groups is 1. The maximum absolute atomic E-state index is 12.6. The Morgan fingerprint density at radius 3 is 2.64 bits per heavy atom. The Labute approximate surface area is 127 Å². The summed E-state index contributed by atoms with van der Waals surface area (Å²) in [6, 6.07) is 6.46. The van der Waals surface area contributed by atoms with Crippen LogP contribution in [0, 0.1) is 0 Å². The Hall–Kier alpha value is -1.90. The maximum Gasteiger partial charge on any atom is 0.323 e. The van der Waals surface area contributed by atoms with E-state index in [0.717, 1.165) is 0 Å². The number of carboxylic acid groups (broad SMARTS) is 1. The zero-order valence-corrected chi connectivity index (χ0v) is 12.6. The van der Waals surface area contributed by atoms with E-state index in [1.807, 2.05) is 0 Å². The molecule has 0 bridgehead atoms. The molecule has 3 rings (SSSR count). The summed E-state index contributed by atoms with van der Waals surface area (Å²) in [5, 5.41) is 9.57. The molecule has 22 heavy (non-hydrogen) atoms. The van der Waals surface area contributed by atoms with Crippen molar-refractivity contribution in [2.24, 2.45) is 0 Å². The van der Waals surface area contributed by atoms with Gasteiger partial charge in [-0.3, -0.25) is 4.79 Å². The largest absolute Gasteiger partial charge is 0.480 e. The van der Waals surface area contributed by atoms with Gasteiger partial charge in [0.1, 0.15) is 6.54 Å². The van der Waals surface area contributed by atoms with Gasteiger partial charge in [0.25, 0.3) is 0 Å². The van der Waals surface area contributed by atoms with Crippen molar-refractivity contribution in [3.63, 3.8) is 0 Å². The van der Waals surface area contributed by atoms with Crippen molar-refractivity contribution in [2.45, 2.75) is 11.4 Å². The molecule has 0 radical (unpaired) electrons. The monoisotopic (exact) mass is 324 g/mol. The minimum atomic E-state index is -3.54. The first-order valence-electron chi connectivity index (χ1n) is 6.87. The Morgan fingerprint density at radius 1 is 1.23 bits per heavy atom. The Kier molecular flexibility index (Phi) is 3.90. The van der Waals surface area contributed by atoms with Gasteiger partial charge in [0.2, 0.25) is 10.0 Å². The summed E-state index contributed by atoms with van der Waals surface area (Å²) in [5.74, 6) is -0.942. The lowest BCUT2D eigenvalue weighted by Crippen LogP contribution is -2.40. The number of aromatic nitrogens is 1. The zero-order valence-electron chi connectivity index (χ0n) is 11.8. The molecule has 1 saturated heterocycles. The summed E-state index contributed by atoms with van der Waals surface area (Å²) >= 11 is 0. The summed E-state index contributed by atoms with van der Waals surface area (Å²) in [5.41, 5.74) is 0.698. The van der Waals surface area contributed by atoms with Crippen molar-refractivity contribution >= 4 is 26.9 Å². The molecular formula is C14H16N2O5S. The number of nitrogens with zero attached hydrogens (tertiary/aromatic N) is 2. The van der Waals surface area contributed by atoms with E-state index in [4.69, 9.17) is 9.84 Å². The lowest BCUT2D eigenvalue weighted by molar-refractivity contribution is -0.137. The third kappa shape index (κ3) is 2.72. The lowest BCUT2D eigenvalue weighted by Gasteiger charge is -2.26. The fourth-order valence-corrected chi connectivity index (χ4v) is 4.00. The Balaban J connectivity index is 1.96. The van der Waals surface area contributed by atoms with Gasteiger partial charge in [0.05, 0.1) is 18.1 Å². The van der Waals surface area contributed by atoms with Crippen LogP contribution >= 0.6 is 0 Å². The van der Waals surface area contributed by atoms with Crippen LogP contribution in [0.25, 0.3) is 10.9 Å². The highest BCUT2D eigenvalue weighted by molar-refractivity contribution is 7.89. The summed E-state index contributed by atoms with van der Waals surface area (Å²) in [6.07, 6.45) is 1.64. The van der Waals surface area contributed by atoms with Crippen LogP contribution in [0.2, 0.25) is 0 Å². The molecule has 0 amide bonds. The van der Waals surface area contributed by atoms with Gasteiger partial charge in [0, 0.05) is 30.2 Å². The van der Waals surface area contributed by atoms with Crippen molar-refractivity contribution < 1.29 is 23.1 Å². The van der Waals surface area contributed by atoms with E-state index in [0.29, 0.717) is 37.2 Å². The summed E-state index contributed by atoms with van der Waals surface area (Å²) in [6.45, 7) is 1.34. The number of morpholine rings is 1. The van der Waals surface area contributed by atoms with E-state index in [-0.39, 0.29) is 11.4 Å². The molecule has 0 spiro atoms. The quantitative estimate of drug-likeness (QED) is 0.896. The van der Waals surface area contributed by atoms with E-state index >= 15 is 0 Å². The number of aliphatic carboxylic acids is 1. The lowest BCUT2D eigenvalue weighted by atomic mass is 10.2. The molecule has 0 aliphatic carbocycles. The van der Waals surface area contributed by atoms with Gasteiger partial charge in [0.15, 0.2) is 0 Å². The Bertz CT molecular complexity index is 806. The van der Waals surface area contributed by atoms with E-state index in [1.54, 1.807) is 29.0 Å². The van der Waals surface area contributed by atoms with Crippen molar-refractivity contribution in [3.8, 4) is 0 Å². The number of hydrogen-bond donors (Lipinski definition) is 1. The van der Waals surface area contributed by atoms with Crippen LogP contribution in [-0.2, 0) is 26.1 Å². The third-order valence-corrected chi connectivity index (χ3v) is 5.55. The fourth-order valence-electron chi connectivity index (χ4n) is 2.56. The predicted octanol–water partition coefficient (Wildman–Crippen LogP) is 0.747.